The van der Waals surface area contributed by atoms with E-state index in [4.69, 9.17) is 44.0 Å². The van der Waals surface area contributed by atoms with Gasteiger partial charge in [0, 0.05) is 10.9 Å². The minimum absolute atomic E-state index is 0.149. The van der Waals surface area contributed by atoms with Crippen LogP contribution < -0.4 is 10.1 Å². The second kappa shape index (κ2) is 9.10. The number of ether oxygens (including phenoxy) is 1. The summed E-state index contributed by atoms with van der Waals surface area (Å²) in [6.07, 6.45) is 0. The zero-order valence-electron chi connectivity index (χ0n) is 15.2. The standard InChI is InChI=1S/C21H13Cl3N2O3S/c22-14-7-5-12(9-16(14)24)17-11-30-21(25-17)26-20(27)19-8-6-13(29-19)10-28-18-4-2-1-3-15(18)23/h1-9,11H,10H2,(H,25,26,27). The van der Waals surface area contributed by atoms with Gasteiger partial charge in [0.25, 0.3) is 5.91 Å². The van der Waals surface area contributed by atoms with Crippen molar-refractivity contribution in [3.05, 3.63) is 86.6 Å². The summed E-state index contributed by atoms with van der Waals surface area (Å²) in [5, 5.41) is 6.39. The van der Waals surface area contributed by atoms with Crippen molar-refractivity contribution in [1.82, 2.24) is 4.98 Å². The molecule has 0 unspecified atom stereocenters. The second-order valence-corrected chi connectivity index (χ2v) is 8.19. The Hall–Kier alpha value is -2.51. The molecule has 0 aliphatic rings. The van der Waals surface area contributed by atoms with Crippen molar-refractivity contribution in [1.29, 1.82) is 0 Å². The topological polar surface area (TPSA) is 64.4 Å². The molecular formula is C21H13Cl3N2O3S. The quantitative estimate of drug-likeness (QED) is 0.318. The number of aromatic nitrogens is 1. The lowest BCUT2D eigenvalue weighted by Crippen LogP contribution is -2.10. The number of nitrogens with zero attached hydrogens (tertiary/aromatic N) is 1. The number of hydrogen-bond acceptors (Lipinski definition) is 5. The minimum atomic E-state index is -0.408. The Balaban J connectivity index is 1.39. The highest BCUT2D eigenvalue weighted by molar-refractivity contribution is 7.14. The zero-order chi connectivity index (χ0) is 21.1. The highest BCUT2D eigenvalue weighted by Gasteiger charge is 2.15. The maximum absolute atomic E-state index is 12.5. The number of anilines is 1. The number of carbonyl (C=O) groups is 1. The summed E-state index contributed by atoms with van der Waals surface area (Å²) in [6.45, 7) is 0.149. The van der Waals surface area contributed by atoms with Gasteiger partial charge in [-0.2, -0.15) is 0 Å². The number of rotatable bonds is 6. The third kappa shape index (κ3) is 4.79. The lowest BCUT2D eigenvalue weighted by Gasteiger charge is -2.05. The summed E-state index contributed by atoms with van der Waals surface area (Å²) in [5.74, 6) is 0.781. The number of furan rings is 1. The van der Waals surface area contributed by atoms with Crippen LogP contribution in [0, 0.1) is 0 Å². The van der Waals surface area contributed by atoms with Crippen LogP contribution in [0.3, 0.4) is 0 Å². The number of thiazole rings is 1. The Kier molecular flexibility index (Phi) is 6.29. The Morgan fingerprint density at radius 1 is 1.03 bits per heavy atom. The first kappa shape index (κ1) is 20.8. The average Bonchev–Trinajstić information content (AvgIpc) is 3.39. The van der Waals surface area contributed by atoms with Gasteiger partial charge < -0.3 is 9.15 Å². The van der Waals surface area contributed by atoms with Gasteiger partial charge in [0.05, 0.1) is 20.8 Å². The SMILES string of the molecule is O=C(Nc1nc(-c2ccc(Cl)c(Cl)c2)cs1)c1ccc(COc2ccccc2Cl)o1. The van der Waals surface area contributed by atoms with Gasteiger partial charge in [-0.3, -0.25) is 10.1 Å². The monoisotopic (exact) mass is 478 g/mol. The molecule has 4 aromatic rings. The maximum atomic E-state index is 12.5. The van der Waals surface area contributed by atoms with E-state index in [1.54, 1.807) is 36.4 Å². The highest BCUT2D eigenvalue weighted by atomic mass is 35.5. The molecule has 0 atom stereocenters. The molecule has 9 heteroatoms. The molecule has 0 aliphatic heterocycles. The van der Waals surface area contributed by atoms with Gasteiger partial charge in [-0.05, 0) is 36.4 Å². The third-order valence-electron chi connectivity index (χ3n) is 4.03. The van der Waals surface area contributed by atoms with E-state index < -0.39 is 5.91 Å². The van der Waals surface area contributed by atoms with Crippen LogP contribution in [-0.4, -0.2) is 10.9 Å². The van der Waals surface area contributed by atoms with Crippen molar-refractivity contribution in [2.24, 2.45) is 0 Å². The van der Waals surface area contributed by atoms with Crippen LogP contribution in [0.25, 0.3) is 11.3 Å². The molecule has 0 aliphatic carbocycles. The molecule has 30 heavy (non-hydrogen) atoms. The molecule has 0 saturated carbocycles. The molecule has 2 aromatic carbocycles. The van der Waals surface area contributed by atoms with Crippen LogP contribution in [0.15, 0.2) is 64.4 Å². The minimum Gasteiger partial charge on any atom is -0.484 e. The van der Waals surface area contributed by atoms with Crippen molar-refractivity contribution in [3.8, 4) is 17.0 Å². The van der Waals surface area contributed by atoms with Crippen molar-refractivity contribution in [2.45, 2.75) is 6.61 Å². The van der Waals surface area contributed by atoms with E-state index >= 15 is 0 Å². The molecule has 1 amide bonds. The van der Waals surface area contributed by atoms with Crippen LogP contribution in [-0.2, 0) is 6.61 Å². The van der Waals surface area contributed by atoms with E-state index in [2.05, 4.69) is 10.3 Å². The summed E-state index contributed by atoms with van der Waals surface area (Å²) >= 11 is 19.4. The fourth-order valence-corrected chi connectivity index (χ4v) is 3.77. The molecule has 1 N–H and O–H groups in total. The Bertz CT molecular complexity index is 1210. The molecule has 152 valence electrons. The normalized spacial score (nSPS) is 10.8. The molecular weight excluding hydrogens is 467 g/mol. The van der Waals surface area contributed by atoms with Crippen molar-refractivity contribution in [3.63, 3.8) is 0 Å². The first-order valence-electron chi connectivity index (χ1n) is 8.68. The van der Waals surface area contributed by atoms with E-state index in [-0.39, 0.29) is 12.4 Å². The fraction of sp³-hybridized carbons (Fsp3) is 0.0476. The second-order valence-electron chi connectivity index (χ2n) is 6.11. The van der Waals surface area contributed by atoms with E-state index in [0.29, 0.717) is 37.4 Å². The van der Waals surface area contributed by atoms with Gasteiger partial charge in [-0.15, -0.1) is 11.3 Å². The lowest BCUT2D eigenvalue weighted by molar-refractivity contribution is 0.0992. The van der Waals surface area contributed by atoms with Gasteiger partial charge in [-0.25, -0.2) is 4.98 Å². The lowest BCUT2D eigenvalue weighted by atomic mass is 10.2. The zero-order valence-corrected chi connectivity index (χ0v) is 18.3. The van der Waals surface area contributed by atoms with E-state index in [0.717, 1.165) is 5.56 Å². The Morgan fingerprint density at radius 2 is 1.87 bits per heavy atom. The number of amides is 1. The van der Waals surface area contributed by atoms with E-state index in [9.17, 15) is 4.79 Å². The van der Waals surface area contributed by atoms with Gasteiger partial charge >= 0.3 is 0 Å². The molecule has 2 aromatic heterocycles. The molecule has 0 saturated heterocycles. The van der Waals surface area contributed by atoms with Gasteiger partial charge in [-0.1, -0.05) is 53.0 Å². The third-order valence-corrected chi connectivity index (χ3v) is 5.84. The predicted molar refractivity (Wildman–Crippen MR) is 120 cm³/mol. The molecule has 2 heterocycles. The summed E-state index contributed by atoms with van der Waals surface area (Å²) in [5.41, 5.74) is 1.49. The molecule has 5 nitrogen and oxygen atoms in total. The van der Waals surface area contributed by atoms with Crippen LogP contribution in [0.5, 0.6) is 5.75 Å². The number of halogens is 3. The van der Waals surface area contributed by atoms with E-state index in [1.807, 2.05) is 23.6 Å². The smallest absolute Gasteiger partial charge is 0.293 e. The number of carbonyl (C=O) groups excluding carboxylic acids is 1. The molecule has 0 radical (unpaired) electrons. The number of nitrogens with one attached hydrogen (secondary N) is 1. The van der Waals surface area contributed by atoms with Crippen LogP contribution in [0.4, 0.5) is 5.13 Å². The van der Waals surface area contributed by atoms with Gasteiger partial charge in [0.15, 0.2) is 10.9 Å². The van der Waals surface area contributed by atoms with Gasteiger partial charge in [0.1, 0.15) is 18.1 Å². The molecule has 0 spiro atoms. The van der Waals surface area contributed by atoms with Gasteiger partial charge in [0.2, 0.25) is 0 Å². The number of hydrogen-bond donors (Lipinski definition) is 1. The summed E-state index contributed by atoms with van der Waals surface area (Å²) in [7, 11) is 0. The first-order valence-corrected chi connectivity index (χ1v) is 10.7. The fourth-order valence-electron chi connectivity index (χ4n) is 2.57. The van der Waals surface area contributed by atoms with Crippen molar-refractivity contribution >= 4 is 57.2 Å². The maximum Gasteiger partial charge on any atom is 0.293 e. The van der Waals surface area contributed by atoms with Crippen LogP contribution in [0.2, 0.25) is 15.1 Å². The largest absolute Gasteiger partial charge is 0.484 e. The van der Waals surface area contributed by atoms with Crippen molar-refractivity contribution < 1.29 is 13.9 Å². The molecule has 4 rings (SSSR count). The predicted octanol–water partition coefficient (Wildman–Crippen LogP) is 7.19. The number of para-hydroxylation sites is 1. The highest BCUT2D eigenvalue weighted by Crippen LogP contribution is 2.30. The summed E-state index contributed by atoms with van der Waals surface area (Å²) < 4.78 is 11.2. The Morgan fingerprint density at radius 3 is 2.67 bits per heavy atom. The summed E-state index contributed by atoms with van der Waals surface area (Å²) in [4.78, 5) is 16.9. The van der Waals surface area contributed by atoms with E-state index in [1.165, 1.54) is 11.3 Å². The van der Waals surface area contributed by atoms with Crippen LogP contribution >= 0.6 is 46.1 Å². The van der Waals surface area contributed by atoms with Crippen molar-refractivity contribution in [2.75, 3.05) is 5.32 Å². The molecule has 0 bridgehead atoms. The molecule has 0 fully saturated rings. The number of benzene rings is 2. The average molecular weight is 480 g/mol. The summed E-state index contributed by atoms with van der Waals surface area (Å²) in [6, 6.07) is 15.6. The van der Waals surface area contributed by atoms with Crippen LogP contribution in [0.1, 0.15) is 16.3 Å². The Labute approximate surface area is 191 Å². The first-order chi connectivity index (χ1) is 14.5.